The minimum atomic E-state index is 0.179. The first-order valence-electron chi connectivity index (χ1n) is 5.91. The van der Waals surface area contributed by atoms with Gasteiger partial charge in [-0.1, -0.05) is 19.4 Å². The molecule has 0 aliphatic carbocycles. The normalized spacial score (nSPS) is 10.4. The van der Waals surface area contributed by atoms with Gasteiger partial charge in [0.05, 0.1) is 6.61 Å². The predicted molar refractivity (Wildman–Crippen MR) is 69.8 cm³/mol. The molecule has 0 unspecified atom stereocenters. The molecule has 3 nitrogen and oxygen atoms in total. The van der Waals surface area contributed by atoms with Crippen molar-refractivity contribution in [2.45, 2.75) is 26.7 Å². The summed E-state index contributed by atoms with van der Waals surface area (Å²) in [6, 6.07) is 5.95. The van der Waals surface area contributed by atoms with Gasteiger partial charge in [-0.25, -0.2) is 0 Å². The lowest BCUT2D eigenvalue weighted by Gasteiger charge is -2.26. The van der Waals surface area contributed by atoms with Crippen LogP contribution in [0.5, 0.6) is 0 Å². The van der Waals surface area contributed by atoms with E-state index in [9.17, 15) is 0 Å². The smallest absolute Gasteiger partial charge is 0.0606 e. The molecular weight excluding hydrogens is 200 g/mol. The molecule has 0 spiro atoms. The van der Waals surface area contributed by atoms with E-state index in [-0.39, 0.29) is 6.61 Å². The summed E-state index contributed by atoms with van der Waals surface area (Å²) in [7, 11) is 0. The predicted octanol–water partition coefficient (Wildman–Crippen LogP) is 2.18. The molecule has 0 amide bonds. The SMILES string of the molecule is CCCCN(CCO)c1cccc(N)c1C. The number of hydrogen-bond acceptors (Lipinski definition) is 3. The quantitative estimate of drug-likeness (QED) is 0.725. The summed E-state index contributed by atoms with van der Waals surface area (Å²) in [5.41, 5.74) is 8.96. The van der Waals surface area contributed by atoms with Gasteiger partial charge in [0.25, 0.3) is 0 Å². The molecule has 1 aromatic carbocycles. The van der Waals surface area contributed by atoms with Crippen molar-refractivity contribution < 1.29 is 5.11 Å². The van der Waals surface area contributed by atoms with Gasteiger partial charge in [-0.2, -0.15) is 0 Å². The van der Waals surface area contributed by atoms with E-state index in [1.807, 2.05) is 19.1 Å². The lowest BCUT2D eigenvalue weighted by atomic mass is 10.1. The fourth-order valence-corrected chi connectivity index (χ4v) is 1.81. The van der Waals surface area contributed by atoms with Gasteiger partial charge in [-0.3, -0.25) is 0 Å². The first kappa shape index (κ1) is 12.8. The minimum Gasteiger partial charge on any atom is -0.398 e. The number of benzene rings is 1. The van der Waals surface area contributed by atoms with Gasteiger partial charge in [-0.05, 0) is 31.0 Å². The second kappa shape index (κ2) is 6.38. The van der Waals surface area contributed by atoms with Crippen LogP contribution in [0.1, 0.15) is 25.3 Å². The third kappa shape index (κ3) is 3.14. The van der Waals surface area contributed by atoms with Gasteiger partial charge in [0.1, 0.15) is 0 Å². The Balaban J connectivity index is 2.86. The molecule has 0 radical (unpaired) electrons. The molecule has 0 aliphatic rings. The molecule has 0 aromatic heterocycles. The third-order valence-electron chi connectivity index (χ3n) is 2.84. The van der Waals surface area contributed by atoms with Crippen molar-refractivity contribution in [2.24, 2.45) is 0 Å². The van der Waals surface area contributed by atoms with E-state index in [0.717, 1.165) is 36.3 Å². The van der Waals surface area contributed by atoms with Crippen LogP contribution in [-0.4, -0.2) is 24.8 Å². The van der Waals surface area contributed by atoms with Gasteiger partial charge in [0, 0.05) is 24.5 Å². The van der Waals surface area contributed by atoms with Gasteiger partial charge < -0.3 is 15.7 Å². The summed E-state index contributed by atoms with van der Waals surface area (Å²) in [4.78, 5) is 2.20. The Hall–Kier alpha value is -1.22. The highest BCUT2D eigenvalue weighted by Crippen LogP contribution is 2.24. The first-order chi connectivity index (χ1) is 7.70. The molecule has 0 heterocycles. The van der Waals surface area contributed by atoms with Crippen molar-refractivity contribution in [2.75, 3.05) is 30.3 Å². The molecule has 90 valence electrons. The lowest BCUT2D eigenvalue weighted by molar-refractivity contribution is 0.301. The highest BCUT2D eigenvalue weighted by Gasteiger charge is 2.09. The Kier molecular flexibility index (Phi) is 5.12. The van der Waals surface area contributed by atoms with Crippen LogP contribution in [0.3, 0.4) is 0 Å². The molecule has 1 rings (SSSR count). The molecule has 3 N–H and O–H groups in total. The average Bonchev–Trinajstić information content (AvgIpc) is 2.28. The van der Waals surface area contributed by atoms with Crippen molar-refractivity contribution in [3.8, 4) is 0 Å². The Bertz CT molecular complexity index is 326. The zero-order chi connectivity index (χ0) is 12.0. The maximum atomic E-state index is 9.08. The number of hydrogen-bond donors (Lipinski definition) is 2. The second-order valence-corrected chi connectivity index (χ2v) is 4.06. The molecule has 0 aliphatic heterocycles. The van der Waals surface area contributed by atoms with E-state index in [4.69, 9.17) is 10.8 Å². The largest absolute Gasteiger partial charge is 0.398 e. The molecule has 1 aromatic rings. The Morgan fingerprint density at radius 1 is 1.31 bits per heavy atom. The molecule has 0 saturated heterocycles. The zero-order valence-electron chi connectivity index (χ0n) is 10.2. The van der Waals surface area contributed by atoms with E-state index in [1.54, 1.807) is 0 Å². The lowest BCUT2D eigenvalue weighted by Crippen LogP contribution is -2.28. The minimum absolute atomic E-state index is 0.179. The van der Waals surface area contributed by atoms with Crippen LogP contribution in [0.4, 0.5) is 11.4 Å². The van der Waals surface area contributed by atoms with E-state index in [1.165, 1.54) is 0 Å². The molecule has 0 fully saturated rings. The first-order valence-corrected chi connectivity index (χ1v) is 5.91. The molecule has 0 bridgehead atoms. The van der Waals surface area contributed by atoms with Crippen LogP contribution >= 0.6 is 0 Å². The second-order valence-electron chi connectivity index (χ2n) is 4.06. The van der Waals surface area contributed by atoms with Crippen LogP contribution in [0.25, 0.3) is 0 Å². The van der Waals surface area contributed by atoms with Crippen molar-refractivity contribution in [1.82, 2.24) is 0 Å². The maximum Gasteiger partial charge on any atom is 0.0606 e. The third-order valence-corrected chi connectivity index (χ3v) is 2.84. The van der Waals surface area contributed by atoms with Crippen LogP contribution < -0.4 is 10.6 Å². The summed E-state index contributed by atoms with van der Waals surface area (Å²) in [6.07, 6.45) is 2.29. The number of nitrogen functional groups attached to an aromatic ring is 1. The van der Waals surface area contributed by atoms with Crippen molar-refractivity contribution in [3.05, 3.63) is 23.8 Å². The summed E-state index contributed by atoms with van der Waals surface area (Å²) in [5, 5.41) is 9.08. The van der Waals surface area contributed by atoms with Gasteiger partial charge in [0.15, 0.2) is 0 Å². The topological polar surface area (TPSA) is 49.5 Å². The van der Waals surface area contributed by atoms with Crippen LogP contribution in [0.2, 0.25) is 0 Å². The van der Waals surface area contributed by atoms with Crippen molar-refractivity contribution in [1.29, 1.82) is 0 Å². The zero-order valence-corrected chi connectivity index (χ0v) is 10.2. The van der Waals surface area contributed by atoms with Crippen LogP contribution in [0, 0.1) is 6.92 Å². The van der Waals surface area contributed by atoms with Gasteiger partial charge >= 0.3 is 0 Å². The number of nitrogens with two attached hydrogens (primary N) is 1. The molecular formula is C13H22N2O. The van der Waals surface area contributed by atoms with E-state index in [0.29, 0.717) is 6.54 Å². The molecule has 3 heteroatoms. The standard InChI is InChI=1S/C13H22N2O/c1-3-4-8-15(9-10-16)13-7-5-6-12(14)11(13)2/h5-7,16H,3-4,8-10,14H2,1-2H3. The molecule has 0 saturated carbocycles. The number of anilines is 2. The highest BCUT2D eigenvalue weighted by molar-refractivity contribution is 5.64. The number of nitrogens with zero attached hydrogens (tertiary/aromatic N) is 1. The Morgan fingerprint density at radius 2 is 2.06 bits per heavy atom. The van der Waals surface area contributed by atoms with Crippen molar-refractivity contribution in [3.63, 3.8) is 0 Å². The number of rotatable bonds is 6. The Morgan fingerprint density at radius 3 is 2.69 bits per heavy atom. The monoisotopic (exact) mass is 222 g/mol. The summed E-state index contributed by atoms with van der Waals surface area (Å²) in [6.45, 7) is 6.02. The van der Waals surface area contributed by atoms with E-state index >= 15 is 0 Å². The fraction of sp³-hybridized carbons (Fsp3) is 0.538. The molecule has 16 heavy (non-hydrogen) atoms. The van der Waals surface area contributed by atoms with Gasteiger partial charge in [0.2, 0.25) is 0 Å². The summed E-state index contributed by atoms with van der Waals surface area (Å²) < 4.78 is 0. The van der Waals surface area contributed by atoms with Gasteiger partial charge in [-0.15, -0.1) is 0 Å². The fourth-order valence-electron chi connectivity index (χ4n) is 1.81. The van der Waals surface area contributed by atoms with E-state index in [2.05, 4.69) is 17.9 Å². The number of aliphatic hydroxyl groups excluding tert-OH is 1. The Labute approximate surface area is 97.9 Å². The average molecular weight is 222 g/mol. The number of aliphatic hydroxyl groups is 1. The summed E-state index contributed by atoms with van der Waals surface area (Å²) >= 11 is 0. The summed E-state index contributed by atoms with van der Waals surface area (Å²) in [5.74, 6) is 0. The van der Waals surface area contributed by atoms with Crippen LogP contribution in [-0.2, 0) is 0 Å². The maximum absolute atomic E-state index is 9.08. The molecule has 0 atom stereocenters. The van der Waals surface area contributed by atoms with Crippen molar-refractivity contribution >= 4 is 11.4 Å². The van der Waals surface area contributed by atoms with Crippen LogP contribution in [0.15, 0.2) is 18.2 Å². The highest BCUT2D eigenvalue weighted by atomic mass is 16.3. The number of unbranched alkanes of at least 4 members (excludes halogenated alkanes) is 1. The van der Waals surface area contributed by atoms with E-state index < -0.39 is 0 Å².